The minimum atomic E-state index is 0.772. The average molecular weight is 210 g/mol. The van der Waals surface area contributed by atoms with Crippen molar-refractivity contribution in [2.45, 2.75) is 0 Å². The van der Waals surface area contributed by atoms with Crippen molar-refractivity contribution < 1.29 is 4.84 Å². The summed E-state index contributed by atoms with van der Waals surface area (Å²) in [6.07, 6.45) is 5.62. The van der Waals surface area contributed by atoms with Crippen LogP contribution < -0.4 is 9.90 Å². The van der Waals surface area contributed by atoms with Gasteiger partial charge in [0, 0.05) is 18.0 Å². The fourth-order valence-electron chi connectivity index (χ4n) is 1.59. The predicted molar refractivity (Wildman–Crippen MR) is 62.8 cm³/mol. The number of fused-ring (bicyclic) bond motifs is 1. The molecule has 1 aromatic carbocycles. The summed E-state index contributed by atoms with van der Waals surface area (Å²) in [5.41, 5.74) is 1.08. The lowest BCUT2D eigenvalue weighted by atomic mass is 10.2. The van der Waals surface area contributed by atoms with Gasteiger partial charge in [-0.1, -0.05) is 24.3 Å². The highest BCUT2D eigenvalue weighted by atomic mass is 16.7. The highest BCUT2D eigenvalue weighted by Gasteiger charge is 2.13. The zero-order valence-corrected chi connectivity index (χ0v) is 8.58. The molecule has 1 aliphatic heterocycles. The van der Waals surface area contributed by atoms with E-state index in [2.05, 4.69) is 4.98 Å². The van der Waals surface area contributed by atoms with Crippen LogP contribution in [0.5, 0.6) is 5.75 Å². The molecular formula is C13H10N2O. The second-order valence-electron chi connectivity index (χ2n) is 3.46. The Labute approximate surface area is 93.6 Å². The third kappa shape index (κ3) is 1.52. The van der Waals surface area contributed by atoms with Crippen molar-refractivity contribution in [2.24, 2.45) is 0 Å². The van der Waals surface area contributed by atoms with Crippen molar-refractivity contribution in [3.8, 4) is 5.75 Å². The van der Waals surface area contributed by atoms with E-state index in [0.717, 1.165) is 17.1 Å². The quantitative estimate of drug-likeness (QED) is 0.723. The molecular weight excluding hydrogens is 200 g/mol. The van der Waals surface area contributed by atoms with E-state index < -0.39 is 0 Å². The molecule has 1 aromatic heterocycles. The van der Waals surface area contributed by atoms with Crippen LogP contribution in [0.1, 0.15) is 5.56 Å². The first-order valence-corrected chi connectivity index (χ1v) is 5.09. The topological polar surface area (TPSA) is 25.4 Å². The number of benzene rings is 1. The van der Waals surface area contributed by atoms with Crippen molar-refractivity contribution in [1.82, 2.24) is 4.98 Å². The maximum Gasteiger partial charge on any atom is 0.168 e. The number of aromatic nitrogens is 1. The molecule has 78 valence electrons. The van der Waals surface area contributed by atoms with Gasteiger partial charge >= 0.3 is 0 Å². The molecule has 1 aliphatic rings. The van der Waals surface area contributed by atoms with E-state index in [4.69, 9.17) is 4.84 Å². The van der Waals surface area contributed by atoms with Crippen molar-refractivity contribution in [2.75, 3.05) is 5.06 Å². The molecule has 0 bridgehead atoms. The van der Waals surface area contributed by atoms with Gasteiger partial charge in [0.15, 0.2) is 11.6 Å². The van der Waals surface area contributed by atoms with E-state index in [9.17, 15) is 0 Å². The number of hydrogen-bond acceptors (Lipinski definition) is 3. The van der Waals surface area contributed by atoms with Crippen LogP contribution in [0.25, 0.3) is 6.08 Å². The number of anilines is 1. The zero-order valence-electron chi connectivity index (χ0n) is 8.58. The lowest BCUT2D eigenvalue weighted by molar-refractivity contribution is 0.312. The summed E-state index contributed by atoms with van der Waals surface area (Å²) in [4.78, 5) is 9.93. The van der Waals surface area contributed by atoms with Crippen LogP contribution in [0, 0.1) is 0 Å². The van der Waals surface area contributed by atoms with Gasteiger partial charge in [-0.2, -0.15) is 5.06 Å². The van der Waals surface area contributed by atoms with E-state index in [1.807, 2.05) is 54.7 Å². The third-order valence-electron chi connectivity index (χ3n) is 2.38. The number of hydrogen-bond donors (Lipinski definition) is 0. The third-order valence-corrected chi connectivity index (χ3v) is 2.38. The number of nitrogens with zero attached hydrogens (tertiary/aromatic N) is 2. The number of hydroxylamine groups is 1. The number of para-hydroxylation sites is 1. The first-order valence-electron chi connectivity index (χ1n) is 5.09. The van der Waals surface area contributed by atoms with Gasteiger partial charge in [0.2, 0.25) is 0 Å². The molecule has 0 N–H and O–H groups in total. The van der Waals surface area contributed by atoms with E-state index in [-0.39, 0.29) is 0 Å². The molecule has 0 fully saturated rings. The molecule has 2 aromatic rings. The zero-order chi connectivity index (χ0) is 10.8. The van der Waals surface area contributed by atoms with E-state index in [1.165, 1.54) is 0 Å². The Bertz CT molecular complexity index is 522. The molecule has 3 nitrogen and oxygen atoms in total. The second-order valence-corrected chi connectivity index (χ2v) is 3.46. The molecule has 0 aliphatic carbocycles. The molecule has 16 heavy (non-hydrogen) atoms. The molecule has 0 atom stereocenters. The highest BCUT2D eigenvalue weighted by molar-refractivity contribution is 5.62. The smallest absolute Gasteiger partial charge is 0.168 e. The minimum Gasteiger partial charge on any atom is -0.373 e. The van der Waals surface area contributed by atoms with Gasteiger partial charge < -0.3 is 4.84 Å². The number of pyridine rings is 1. The molecule has 0 amide bonds. The largest absolute Gasteiger partial charge is 0.373 e. The molecule has 0 saturated carbocycles. The summed E-state index contributed by atoms with van der Waals surface area (Å²) >= 11 is 0. The van der Waals surface area contributed by atoms with Crippen LogP contribution >= 0.6 is 0 Å². The van der Waals surface area contributed by atoms with Crippen LogP contribution in [0.4, 0.5) is 5.82 Å². The predicted octanol–water partition coefficient (Wildman–Crippen LogP) is 2.87. The number of rotatable bonds is 1. The van der Waals surface area contributed by atoms with Crippen molar-refractivity contribution in [3.63, 3.8) is 0 Å². The van der Waals surface area contributed by atoms with Crippen molar-refractivity contribution in [1.29, 1.82) is 0 Å². The summed E-state index contributed by atoms with van der Waals surface area (Å²) in [6.45, 7) is 0. The molecule has 0 spiro atoms. The summed E-state index contributed by atoms with van der Waals surface area (Å²) in [7, 11) is 0. The Morgan fingerprint density at radius 1 is 1.00 bits per heavy atom. The minimum absolute atomic E-state index is 0.772. The van der Waals surface area contributed by atoms with Crippen LogP contribution in [-0.4, -0.2) is 4.98 Å². The molecule has 0 radical (unpaired) electrons. The van der Waals surface area contributed by atoms with Crippen LogP contribution in [0.3, 0.4) is 0 Å². The Hall–Kier alpha value is -2.29. The van der Waals surface area contributed by atoms with Gasteiger partial charge in [-0.25, -0.2) is 4.98 Å². The average Bonchev–Trinajstić information content (AvgIpc) is 2.39. The van der Waals surface area contributed by atoms with Crippen molar-refractivity contribution in [3.05, 3.63) is 60.4 Å². The van der Waals surface area contributed by atoms with Crippen molar-refractivity contribution >= 4 is 11.9 Å². The Balaban J connectivity index is 1.95. The molecule has 3 rings (SSSR count). The lowest BCUT2D eigenvalue weighted by Crippen LogP contribution is -2.23. The van der Waals surface area contributed by atoms with Gasteiger partial charge in [-0.15, -0.1) is 0 Å². The van der Waals surface area contributed by atoms with Gasteiger partial charge in [0.25, 0.3) is 0 Å². The fourth-order valence-corrected chi connectivity index (χ4v) is 1.59. The Morgan fingerprint density at radius 3 is 2.75 bits per heavy atom. The van der Waals surface area contributed by atoms with E-state index in [0.29, 0.717) is 0 Å². The molecule has 0 unspecified atom stereocenters. The molecule has 0 saturated heterocycles. The first-order chi connectivity index (χ1) is 7.93. The van der Waals surface area contributed by atoms with Crippen LogP contribution in [0.2, 0.25) is 0 Å². The maximum absolute atomic E-state index is 5.70. The van der Waals surface area contributed by atoms with Crippen LogP contribution in [0.15, 0.2) is 54.9 Å². The summed E-state index contributed by atoms with van der Waals surface area (Å²) in [5, 5.41) is 1.66. The van der Waals surface area contributed by atoms with Gasteiger partial charge in [0.05, 0.1) is 0 Å². The standard InChI is InChI=1S/C13H10N2O/c1-2-6-12-11(5-1)8-10-15(16-12)13-7-3-4-9-14-13/h1-10H. The molecule has 3 heteroatoms. The lowest BCUT2D eigenvalue weighted by Gasteiger charge is -2.23. The first kappa shape index (κ1) is 8.97. The van der Waals surface area contributed by atoms with Gasteiger partial charge in [-0.05, 0) is 24.3 Å². The summed E-state index contributed by atoms with van der Waals surface area (Å²) in [6, 6.07) is 13.6. The normalized spacial score (nSPS) is 13.1. The second kappa shape index (κ2) is 3.70. The molecule has 2 heterocycles. The summed E-state index contributed by atoms with van der Waals surface area (Å²) < 4.78 is 0. The maximum atomic E-state index is 5.70. The Kier molecular flexibility index (Phi) is 2.07. The Morgan fingerprint density at radius 2 is 1.88 bits per heavy atom. The SMILES string of the molecule is C1=CN(c2ccccn2)Oc2ccccc21. The van der Waals surface area contributed by atoms with Crippen LogP contribution in [-0.2, 0) is 0 Å². The highest BCUT2D eigenvalue weighted by Crippen LogP contribution is 2.26. The van der Waals surface area contributed by atoms with Gasteiger partial charge in [-0.3, -0.25) is 0 Å². The van der Waals surface area contributed by atoms with E-state index >= 15 is 0 Å². The summed E-state index contributed by atoms with van der Waals surface area (Å²) in [5.74, 6) is 1.61. The monoisotopic (exact) mass is 210 g/mol. The van der Waals surface area contributed by atoms with E-state index in [1.54, 1.807) is 11.3 Å². The fraction of sp³-hybridized carbons (Fsp3) is 0. The van der Waals surface area contributed by atoms with Gasteiger partial charge in [0.1, 0.15) is 0 Å².